The minimum absolute atomic E-state index is 0.106. The molecule has 0 saturated carbocycles. The molecule has 0 aliphatic carbocycles. The summed E-state index contributed by atoms with van der Waals surface area (Å²) < 4.78 is 5.22. The molecule has 0 unspecified atom stereocenters. The molecule has 36 heavy (non-hydrogen) atoms. The van der Waals surface area contributed by atoms with Gasteiger partial charge in [0.2, 0.25) is 5.91 Å². The Morgan fingerprint density at radius 1 is 0.806 bits per heavy atom. The smallest absolute Gasteiger partial charge is 0.253 e. The second-order valence-corrected chi connectivity index (χ2v) is 8.98. The van der Waals surface area contributed by atoms with Crippen molar-refractivity contribution in [2.75, 3.05) is 51.7 Å². The second-order valence-electron chi connectivity index (χ2n) is 8.98. The highest BCUT2D eigenvalue weighted by Gasteiger charge is 2.20. The number of benzene rings is 3. The van der Waals surface area contributed by atoms with Gasteiger partial charge in [0.1, 0.15) is 5.75 Å². The number of amides is 2. The Morgan fingerprint density at radius 2 is 1.47 bits per heavy atom. The molecule has 0 radical (unpaired) electrons. The normalized spacial score (nSPS) is 14.2. The fourth-order valence-electron chi connectivity index (χ4n) is 4.31. The first kappa shape index (κ1) is 25.4. The maximum absolute atomic E-state index is 12.8. The molecule has 2 N–H and O–H groups in total. The Labute approximate surface area is 213 Å². The summed E-state index contributed by atoms with van der Waals surface area (Å²) in [6, 6.07) is 25.1. The standard InChI is InChI=1S/C29H34N4O3/c1-36-25-13-11-23(12-14-25)15-16-32-17-19-33(20-18-32)22-28(34)31-27-10-6-5-9-26(27)29(35)30-21-24-7-3-2-4-8-24/h2-14H,15-22H2,1H3,(H,30,35)(H,31,34). The van der Waals surface area contributed by atoms with E-state index >= 15 is 0 Å². The molecule has 0 bridgehead atoms. The number of hydrogen-bond donors (Lipinski definition) is 2. The summed E-state index contributed by atoms with van der Waals surface area (Å²) in [4.78, 5) is 30.1. The first-order chi connectivity index (χ1) is 17.6. The molecule has 2 amide bonds. The minimum Gasteiger partial charge on any atom is -0.497 e. The van der Waals surface area contributed by atoms with Crippen molar-refractivity contribution in [3.63, 3.8) is 0 Å². The average molecular weight is 487 g/mol. The summed E-state index contributed by atoms with van der Waals surface area (Å²) in [6.45, 7) is 5.29. The molecule has 1 aliphatic rings. The molecule has 1 aliphatic heterocycles. The number of para-hydroxylation sites is 1. The van der Waals surface area contributed by atoms with Crippen molar-refractivity contribution in [3.05, 3.63) is 95.6 Å². The molecule has 7 heteroatoms. The number of hydrogen-bond acceptors (Lipinski definition) is 5. The van der Waals surface area contributed by atoms with E-state index in [1.165, 1.54) is 5.56 Å². The van der Waals surface area contributed by atoms with Crippen molar-refractivity contribution in [3.8, 4) is 5.75 Å². The highest BCUT2D eigenvalue weighted by atomic mass is 16.5. The van der Waals surface area contributed by atoms with Gasteiger partial charge in [0, 0.05) is 39.3 Å². The number of nitrogens with zero attached hydrogens (tertiary/aromatic N) is 2. The van der Waals surface area contributed by atoms with E-state index < -0.39 is 0 Å². The third kappa shape index (κ3) is 7.41. The minimum atomic E-state index is -0.208. The Hall–Kier alpha value is -3.68. The molecule has 0 atom stereocenters. The summed E-state index contributed by atoms with van der Waals surface area (Å²) in [5.41, 5.74) is 3.32. The number of carbonyl (C=O) groups excluding carboxylic acids is 2. The second kappa shape index (κ2) is 12.9. The predicted octanol–water partition coefficient (Wildman–Crippen LogP) is 3.42. The van der Waals surface area contributed by atoms with Crippen molar-refractivity contribution in [1.29, 1.82) is 0 Å². The lowest BCUT2D eigenvalue weighted by molar-refractivity contribution is -0.117. The van der Waals surface area contributed by atoms with Gasteiger partial charge in [-0.1, -0.05) is 54.6 Å². The van der Waals surface area contributed by atoms with Gasteiger partial charge in [0.25, 0.3) is 5.91 Å². The molecule has 3 aromatic rings. The number of methoxy groups -OCH3 is 1. The van der Waals surface area contributed by atoms with E-state index in [4.69, 9.17) is 4.74 Å². The Balaban J connectivity index is 1.21. The molecular weight excluding hydrogens is 452 g/mol. The third-order valence-corrected chi connectivity index (χ3v) is 6.45. The van der Waals surface area contributed by atoms with Gasteiger partial charge in [-0.25, -0.2) is 0 Å². The molecule has 3 aromatic carbocycles. The van der Waals surface area contributed by atoms with E-state index in [0.717, 1.165) is 50.5 Å². The molecule has 1 fully saturated rings. The first-order valence-electron chi connectivity index (χ1n) is 12.4. The summed E-state index contributed by atoms with van der Waals surface area (Å²) >= 11 is 0. The maximum Gasteiger partial charge on any atom is 0.253 e. The molecule has 7 nitrogen and oxygen atoms in total. The van der Waals surface area contributed by atoms with Gasteiger partial charge in [-0.2, -0.15) is 0 Å². The van der Waals surface area contributed by atoms with Crippen molar-refractivity contribution in [2.24, 2.45) is 0 Å². The van der Waals surface area contributed by atoms with Gasteiger partial charge in [-0.3, -0.25) is 14.5 Å². The van der Waals surface area contributed by atoms with Crippen LogP contribution in [0.5, 0.6) is 5.75 Å². The van der Waals surface area contributed by atoms with Gasteiger partial charge in [0.05, 0.1) is 24.9 Å². The van der Waals surface area contributed by atoms with Gasteiger partial charge in [0.15, 0.2) is 0 Å². The molecular formula is C29H34N4O3. The van der Waals surface area contributed by atoms with Crippen LogP contribution in [-0.2, 0) is 17.8 Å². The highest BCUT2D eigenvalue weighted by Crippen LogP contribution is 2.16. The number of rotatable bonds is 10. The molecule has 188 valence electrons. The average Bonchev–Trinajstić information content (AvgIpc) is 2.92. The van der Waals surface area contributed by atoms with Crippen molar-refractivity contribution in [1.82, 2.24) is 15.1 Å². The van der Waals surface area contributed by atoms with Crippen molar-refractivity contribution >= 4 is 17.5 Å². The zero-order valence-corrected chi connectivity index (χ0v) is 20.8. The lowest BCUT2D eigenvalue weighted by Gasteiger charge is -2.34. The Morgan fingerprint density at radius 3 is 2.19 bits per heavy atom. The van der Waals surface area contributed by atoms with Crippen LogP contribution in [0.25, 0.3) is 0 Å². The monoisotopic (exact) mass is 486 g/mol. The SMILES string of the molecule is COc1ccc(CCN2CCN(CC(=O)Nc3ccccc3C(=O)NCc3ccccc3)CC2)cc1. The molecule has 1 heterocycles. The Bertz CT molecular complexity index is 1130. The van der Waals surface area contributed by atoms with Crippen molar-refractivity contribution in [2.45, 2.75) is 13.0 Å². The largest absolute Gasteiger partial charge is 0.497 e. The van der Waals surface area contributed by atoms with E-state index in [0.29, 0.717) is 24.3 Å². The van der Waals surface area contributed by atoms with Crippen LogP contribution in [0.3, 0.4) is 0 Å². The lowest BCUT2D eigenvalue weighted by Crippen LogP contribution is -2.49. The van der Waals surface area contributed by atoms with Gasteiger partial charge in [-0.05, 0) is 41.8 Å². The molecule has 4 rings (SSSR count). The Kier molecular flexibility index (Phi) is 9.08. The van der Waals surface area contributed by atoms with Crippen LogP contribution < -0.4 is 15.4 Å². The fraction of sp³-hybridized carbons (Fsp3) is 0.310. The molecule has 1 saturated heterocycles. The number of ether oxygens (including phenoxy) is 1. The van der Waals surface area contributed by atoms with E-state index in [2.05, 4.69) is 32.6 Å². The topological polar surface area (TPSA) is 73.9 Å². The first-order valence-corrected chi connectivity index (χ1v) is 12.4. The van der Waals surface area contributed by atoms with Crippen LogP contribution >= 0.6 is 0 Å². The highest BCUT2D eigenvalue weighted by molar-refractivity contribution is 6.04. The van der Waals surface area contributed by atoms with Crippen LogP contribution in [0.4, 0.5) is 5.69 Å². The maximum atomic E-state index is 12.8. The summed E-state index contributed by atoms with van der Waals surface area (Å²) in [5, 5.41) is 5.87. The van der Waals surface area contributed by atoms with Gasteiger partial charge < -0.3 is 20.3 Å². The van der Waals surface area contributed by atoms with Gasteiger partial charge >= 0.3 is 0 Å². The molecule has 0 spiro atoms. The van der Waals surface area contributed by atoms with Crippen molar-refractivity contribution < 1.29 is 14.3 Å². The number of nitrogens with one attached hydrogen (secondary N) is 2. The van der Waals surface area contributed by atoms with E-state index in [-0.39, 0.29) is 11.8 Å². The fourth-order valence-corrected chi connectivity index (χ4v) is 4.31. The predicted molar refractivity (Wildman–Crippen MR) is 142 cm³/mol. The van der Waals surface area contributed by atoms with E-state index in [1.807, 2.05) is 48.5 Å². The summed E-state index contributed by atoms with van der Waals surface area (Å²) in [7, 11) is 1.68. The lowest BCUT2D eigenvalue weighted by atomic mass is 10.1. The van der Waals surface area contributed by atoms with Crippen LogP contribution in [-0.4, -0.2) is 68.0 Å². The van der Waals surface area contributed by atoms with Crippen LogP contribution in [0.15, 0.2) is 78.9 Å². The van der Waals surface area contributed by atoms with Crippen LogP contribution in [0.1, 0.15) is 21.5 Å². The molecule has 0 aromatic heterocycles. The van der Waals surface area contributed by atoms with Gasteiger partial charge in [-0.15, -0.1) is 0 Å². The zero-order valence-electron chi connectivity index (χ0n) is 20.8. The van der Waals surface area contributed by atoms with Crippen LogP contribution in [0.2, 0.25) is 0 Å². The zero-order chi connectivity index (χ0) is 25.2. The van der Waals surface area contributed by atoms with E-state index in [9.17, 15) is 9.59 Å². The number of anilines is 1. The summed E-state index contributed by atoms with van der Waals surface area (Å²) in [5.74, 6) is 0.561. The van der Waals surface area contributed by atoms with E-state index in [1.54, 1.807) is 25.3 Å². The third-order valence-electron chi connectivity index (χ3n) is 6.45. The number of piperazine rings is 1. The van der Waals surface area contributed by atoms with Crippen LogP contribution in [0, 0.1) is 0 Å². The summed E-state index contributed by atoms with van der Waals surface area (Å²) in [6.07, 6.45) is 0.994. The quantitative estimate of drug-likeness (QED) is 0.459. The number of carbonyl (C=O) groups is 2.